The zero-order valence-corrected chi connectivity index (χ0v) is 14.6. The van der Waals surface area contributed by atoms with Crippen LogP contribution in [-0.2, 0) is 6.42 Å². The van der Waals surface area contributed by atoms with E-state index in [-0.39, 0.29) is 0 Å². The van der Waals surface area contributed by atoms with Crippen LogP contribution in [0.3, 0.4) is 0 Å². The largest absolute Gasteiger partial charge is 0.0622 e. The molecule has 0 saturated heterocycles. The molecule has 5 rings (SSSR count). The van der Waals surface area contributed by atoms with E-state index in [2.05, 4.69) is 85.8 Å². The first-order chi connectivity index (χ1) is 12.3. The molecule has 2 unspecified atom stereocenters. The second-order valence-electron chi connectivity index (χ2n) is 7.36. The average molecular weight is 322 g/mol. The minimum absolute atomic E-state index is 0.571. The molecule has 0 N–H and O–H groups in total. The zero-order chi connectivity index (χ0) is 16.8. The molecule has 122 valence electrons. The van der Waals surface area contributed by atoms with E-state index in [1.54, 1.807) is 11.1 Å². The van der Waals surface area contributed by atoms with Crippen molar-refractivity contribution in [2.75, 3.05) is 0 Å². The first kappa shape index (κ1) is 14.7. The molecule has 2 atom stereocenters. The van der Waals surface area contributed by atoms with Gasteiger partial charge in [-0.25, -0.2) is 0 Å². The SMILES string of the molecule is CC1c2ccc3c(ccc4ccccc43)c2CCC1c1ccccc1. The molecule has 0 aliphatic heterocycles. The molecule has 1 aliphatic carbocycles. The Bertz CT molecular complexity index is 1060. The van der Waals surface area contributed by atoms with Crippen molar-refractivity contribution in [3.05, 3.63) is 95.6 Å². The summed E-state index contributed by atoms with van der Waals surface area (Å²) in [7, 11) is 0. The highest BCUT2D eigenvalue weighted by molar-refractivity contribution is 6.08. The van der Waals surface area contributed by atoms with Crippen molar-refractivity contribution in [1.29, 1.82) is 0 Å². The summed E-state index contributed by atoms with van der Waals surface area (Å²) >= 11 is 0. The third-order valence-electron chi connectivity index (χ3n) is 6.10. The fourth-order valence-electron chi connectivity index (χ4n) is 4.80. The molecule has 0 radical (unpaired) electrons. The molecule has 0 spiro atoms. The number of rotatable bonds is 1. The summed E-state index contributed by atoms with van der Waals surface area (Å²) in [4.78, 5) is 0. The molecule has 0 heterocycles. The van der Waals surface area contributed by atoms with Gasteiger partial charge in [-0.15, -0.1) is 0 Å². The Hall–Kier alpha value is -2.60. The van der Waals surface area contributed by atoms with Crippen molar-refractivity contribution >= 4 is 21.5 Å². The van der Waals surface area contributed by atoms with Gasteiger partial charge in [0, 0.05) is 0 Å². The van der Waals surface area contributed by atoms with Crippen LogP contribution in [0.25, 0.3) is 21.5 Å². The number of benzene rings is 4. The van der Waals surface area contributed by atoms with Gasteiger partial charge in [0.2, 0.25) is 0 Å². The summed E-state index contributed by atoms with van der Waals surface area (Å²) in [6, 6.07) is 29.1. The Morgan fingerprint density at radius 2 is 1.44 bits per heavy atom. The summed E-state index contributed by atoms with van der Waals surface area (Å²) in [5, 5.41) is 5.57. The van der Waals surface area contributed by atoms with Gasteiger partial charge in [0.15, 0.2) is 0 Å². The van der Waals surface area contributed by atoms with E-state index in [0.29, 0.717) is 11.8 Å². The van der Waals surface area contributed by atoms with Crippen molar-refractivity contribution in [2.24, 2.45) is 0 Å². The minimum atomic E-state index is 0.571. The Morgan fingerprint density at radius 3 is 2.32 bits per heavy atom. The predicted molar refractivity (Wildman–Crippen MR) is 107 cm³/mol. The first-order valence-corrected chi connectivity index (χ1v) is 9.31. The molecule has 0 fully saturated rings. The first-order valence-electron chi connectivity index (χ1n) is 9.31. The van der Waals surface area contributed by atoms with E-state index in [1.165, 1.54) is 39.9 Å². The molecule has 4 aromatic carbocycles. The van der Waals surface area contributed by atoms with Gasteiger partial charge in [0.25, 0.3) is 0 Å². The van der Waals surface area contributed by atoms with Crippen molar-refractivity contribution < 1.29 is 0 Å². The highest BCUT2D eigenvalue weighted by atomic mass is 14.3. The van der Waals surface area contributed by atoms with Gasteiger partial charge in [-0.3, -0.25) is 0 Å². The topological polar surface area (TPSA) is 0 Å². The van der Waals surface area contributed by atoms with Crippen LogP contribution in [0, 0.1) is 0 Å². The van der Waals surface area contributed by atoms with E-state index in [4.69, 9.17) is 0 Å². The molecular formula is C25H22. The summed E-state index contributed by atoms with van der Waals surface area (Å²) in [5.41, 5.74) is 4.60. The second kappa shape index (κ2) is 5.74. The van der Waals surface area contributed by atoms with E-state index in [0.717, 1.165) is 0 Å². The molecule has 0 saturated carbocycles. The van der Waals surface area contributed by atoms with Crippen LogP contribution in [0.2, 0.25) is 0 Å². The molecule has 0 nitrogen and oxygen atoms in total. The molecule has 0 bridgehead atoms. The van der Waals surface area contributed by atoms with Crippen LogP contribution >= 0.6 is 0 Å². The lowest BCUT2D eigenvalue weighted by Gasteiger charge is -2.32. The van der Waals surface area contributed by atoms with Crippen molar-refractivity contribution in [1.82, 2.24) is 0 Å². The third kappa shape index (κ3) is 2.28. The smallest absolute Gasteiger partial charge is 0.00925 e. The Balaban J connectivity index is 1.68. The zero-order valence-electron chi connectivity index (χ0n) is 14.6. The second-order valence-corrected chi connectivity index (χ2v) is 7.36. The summed E-state index contributed by atoms with van der Waals surface area (Å²) in [6.45, 7) is 2.41. The van der Waals surface area contributed by atoms with Gasteiger partial charge in [-0.2, -0.15) is 0 Å². The van der Waals surface area contributed by atoms with Crippen LogP contribution < -0.4 is 0 Å². The van der Waals surface area contributed by atoms with Crippen LogP contribution in [0.15, 0.2) is 78.9 Å². The van der Waals surface area contributed by atoms with E-state index < -0.39 is 0 Å². The monoisotopic (exact) mass is 322 g/mol. The van der Waals surface area contributed by atoms with Crippen molar-refractivity contribution in [3.63, 3.8) is 0 Å². The molecule has 4 aromatic rings. The van der Waals surface area contributed by atoms with Crippen LogP contribution in [0.4, 0.5) is 0 Å². The quantitative estimate of drug-likeness (QED) is 0.337. The highest BCUT2D eigenvalue weighted by Crippen LogP contribution is 2.44. The molecule has 0 aromatic heterocycles. The van der Waals surface area contributed by atoms with E-state index in [9.17, 15) is 0 Å². The Kier molecular flexibility index (Phi) is 3.38. The van der Waals surface area contributed by atoms with Crippen LogP contribution in [0.1, 0.15) is 41.9 Å². The third-order valence-corrected chi connectivity index (χ3v) is 6.10. The average Bonchev–Trinajstić information content (AvgIpc) is 2.68. The standard InChI is InChI=1S/C25H22/c1-17-20(18-7-3-2-4-8-18)13-15-23-21(17)14-16-24-22-10-6-5-9-19(22)11-12-25(23)24/h2-12,14,16-17,20H,13,15H2,1H3. The fourth-order valence-corrected chi connectivity index (χ4v) is 4.80. The van der Waals surface area contributed by atoms with Gasteiger partial charge in [-0.1, -0.05) is 85.8 Å². The lowest BCUT2D eigenvalue weighted by Crippen LogP contribution is -2.17. The maximum Gasteiger partial charge on any atom is -0.00925 e. The number of hydrogen-bond acceptors (Lipinski definition) is 0. The fraction of sp³-hybridized carbons (Fsp3) is 0.200. The summed E-state index contributed by atoms with van der Waals surface area (Å²) in [6.07, 6.45) is 2.42. The van der Waals surface area contributed by atoms with Crippen LogP contribution in [0.5, 0.6) is 0 Å². The number of aryl methyl sites for hydroxylation is 1. The maximum atomic E-state index is 2.41. The van der Waals surface area contributed by atoms with E-state index in [1.807, 2.05) is 0 Å². The van der Waals surface area contributed by atoms with E-state index >= 15 is 0 Å². The summed E-state index contributed by atoms with van der Waals surface area (Å²) < 4.78 is 0. The molecule has 1 aliphatic rings. The lowest BCUT2D eigenvalue weighted by molar-refractivity contribution is 0.504. The highest BCUT2D eigenvalue weighted by Gasteiger charge is 2.28. The predicted octanol–water partition coefficient (Wildman–Crippen LogP) is 6.83. The maximum absolute atomic E-state index is 2.41. The van der Waals surface area contributed by atoms with Gasteiger partial charge in [0.05, 0.1) is 0 Å². The number of hydrogen-bond donors (Lipinski definition) is 0. The van der Waals surface area contributed by atoms with Gasteiger partial charge in [0.1, 0.15) is 0 Å². The number of fused-ring (bicyclic) bond motifs is 5. The normalized spacial score (nSPS) is 19.9. The minimum Gasteiger partial charge on any atom is -0.0622 e. The molecule has 0 amide bonds. The molecular weight excluding hydrogens is 300 g/mol. The molecule has 25 heavy (non-hydrogen) atoms. The Labute approximate surface area is 149 Å². The van der Waals surface area contributed by atoms with Gasteiger partial charge < -0.3 is 0 Å². The van der Waals surface area contributed by atoms with Gasteiger partial charge in [-0.05, 0) is 62.9 Å². The van der Waals surface area contributed by atoms with Crippen molar-refractivity contribution in [2.45, 2.75) is 31.6 Å². The summed E-state index contributed by atoms with van der Waals surface area (Å²) in [5.74, 6) is 1.20. The van der Waals surface area contributed by atoms with Gasteiger partial charge >= 0.3 is 0 Å². The lowest BCUT2D eigenvalue weighted by atomic mass is 9.72. The van der Waals surface area contributed by atoms with Crippen molar-refractivity contribution in [3.8, 4) is 0 Å². The molecule has 0 heteroatoms. The van der Waals surface area contributed by atoms with Crippen LogP contribution in [-0.4, -0.2) is 0 Å². The Morgan fingerprint density at radius 1 is 0.680 bits per heavy atom.